The average molecular weight is 398 g/mol. The van der Waals surface area contributed by atoms with Crippen LogP contribution in [0.25, 0.3) is 0 Å². The zero-order valence-corrected chi connectivity index (χ0v) is 15.3. The summed E-state index contributed by atoms with van der Waals surface area (Å²) in [6, 6.07) is 11.0. The lowest BCUT2D eigenvalue weighted by atomic mass is 10.1. The number of hydrogen-bond acceptors (Lipinski definition) is 2. The van der Waals surface area contributed by atoms with Crippen LogP contribution in [0, 0.1) is 13.8 Å². The number of benzene rings is 2. The minimum atomic E-state index is -0.311. The molecule has 0 aliphatic heterocycles. The highest BCUT2D eigenvalue weighted by molar-refractivity contribution is 9.10. The largest absolute Gasteiger partial charge is 0.491 e. The molecular formula is C17H18BrClN2O2. The molecule has 2 amide bonds. The van der Waals surface area contributed by atoms with E-state index < -0.39 is 0 Å². The van der Waals surface area contributed by atoms with Gasteiger partial charge in [-0.05, 0) is 59.1 Å². The van der Waals surface area contributed by atoms with Crippen molar-refractivity contribution < 1.29 is 9.53 Å². The fraction of sp³-hybridized carbons (Fsp3) is 0.235. The van der Waals surface area contributed by atoms with Gasteiger partial charge in [0.2, 0.25) is 0 Å². The monoisotopic (exact) mass is 396 g/mol. The summed E-state index contributed by atoms with van der Waals surface area (Å²) in [6.07, 6.45) is 0. The first kappa shape index (κ1) is 17.6. The van der Waals surface area contributed by atoms with Crippen LogP contribution in [0.5, 0.6) is 5.75 Å². The molecule has 0 saturated carbocycles. The Bertz CT molecular complexity index is 684. The number of nitrogens with one attached hydrogen (secondary N) is 2. The lowest BCUT2D eigenvalue weighted by Gasteiger charge is -2.13. The number of carbonyl (C=O) groups is 1. The van der Waals surface area contributed by atoms with E-state index in [0.717, 1.165) is 21.3 Å². The zero-order valence-electron chi connectivity index (χ0n) is 13.0. The van der Waals surface area contributed by atoms with Gasteiger partial charge in [0.1, 0.15) is 12.4 Å². The van der Waals surface area contributed by atoms with Gasteiger partial charge in [0.05, 0.1) is 21.7 Å². The van der Waals surface area contributed by atoms with E-state index in [1.54, 1.807) is 0 Å². The van der Waals surface area contributed by atoms with Crippen LogP contribution in [0.3, 0.4) is 0 Å². The molecule has 0 atom stereocenters. The number of halogens is 2. The summed E-state index contributed by atoms with van der Waals surface area (Å²) >= 11 is 9.57. The molecule has 0 bridgehead atoms. The Labute approximate surface area is 149 Å². The van der Waals surface area contributed by atoms with Crippen molar-refractivity contribution >= 4 is 39.2 Å². The van der Waals surface area contributed by atoms with Gasteiger partial charge in [0.15, 0.2) is 0 Å². The van der Waals surface area contributed by atoms with Crippen molar-refractivity contribution in [3.63, 3.8) is 0 Å². The Morgan fingerprint density at radius 3 is 2.70 bits per heavy atom. The summed E-state index contributed by atoms with van der Waals surface area (Å²) in [5, 5.41) is 6.04. The number of para-hydroxylation sites is 1. The summed E-state index contributed by atoms with van der Waals surface area (Å²) in [5.74, 6) is 0.743. The highest BCUT2D eigenvalue weighted by Crippen LogP contribution is 2.27. The Morgan fingerprint density at radius 1 is 1.26 bits per heavy atom. The predicted molar refractivity (Wildman–Crippen MR) is 97.6 cm³/mol. The Balaban J connectivity index is 1.81. The maximum Gasteiger partial charge on any atom is 0.319 e. The van der Waals surface area contributed by atoms with E-state index in [0.29, 0.717) is 23.9 Å². The summed E-state index contributed by atoms with van der Waals surface area (Å²) in [6.45, 7) is 4.62. The molecule has 23 heavy (non-hydrogen) atoms. The van der Waals surface area contributed by atoms with Crippen molar-refractivity contribution in [3.05, 3.63) is 57.0 Å². The number of anilines is 1. The molecule has 2 rings (SSSR count). The first-order chi connectivity index (χ1) is 11.0. The van der Waals surface area contributed by atoms with Crippen LogP contribution in [0.1, 0.15) is 11.1 Å². The van der Waals surface area contributed by atoms with Gasteiger partial charge >= 0.3 is 6.03 Å². The quantitative estimate of drug-likeness (QED) is 0.704. The summed E-state index contributed by atoms with van der Waals surface area (Å²) in [5.41, 5.74) is 2.61. The van der Waals surface area contributed by atoms with Crippen LogP contribution in [-0.2, 0) is 0 Å². The second-order valence-corrected chi connectivity index (χ2v) is 6.36. The normalized spacial score (nSPS) is 10.3. The molecule has 2 aromatic rings. The minimum absolute atomic E-state index is 0.311. The van der Waals surface area contributed by atoms with Gasteiger partial charge in [-0.15, -0.1) is 0 Å². The van der Waals surface area contributed by atoms with Crippen molar-refractivity contribution in [2.24, 2.45) is 0 Å². The van der Waals surface area contributed by atoms with Crippen molar-refractivity contribution in [1.82, 2.24) is 5.32 Å². The van der Waals surface area contributed by atoms with Gasteiger partial charge < -0.3 is 15.4 Å². The topological polar surface area (TPSA) is 50.4 Å². The molecule has 0 aromatic heterocycles. The highest BCUT2D eigenvalue weighted by atomic mass is 79.9. The van der Waals surface area contributed by atoms with Crippen LogP contribution in [0.2, 0.25) is 5.02 Å². The van der Waals surface area contributed by atoms with Gasteiger partial charge in [-0.25, -0.2) is 4.79 Å². The van der Waals surface area contributed by atoms with Gasteiger partial charge in [-0.1, -0.05) is 29.8 Å². The molecule has 122 valence electrons. The molecule has 0 fully saturated rings. The Hall–Kier alpha value is -1.72. The molecule has 6 heteroatoms. The van der Waals surface area contributed by atoms with E-state index >= 15 is 0 Å². The van der Waals surface area contributed by atoms with E-state index in [2.05, 4.69) is 26.6 Å². The first-order valence-electron chi connectivity index (χ1n) is 7.16. The van der Waals surface area contributed by atoms with Gasteiger partial charge in [-0.2, -0.15) is 0 Å². The maximum atomic E-state index is 11.9. The molecule has 0 aliphatic carbocycles. The maximum absolute atomic E-state index is 11.9. The Kier molecular flexibility index (Phi) is 6.30. The molecule has 0 saturated heterocycles. The minimum Gasteiger partial charge on any atom is -0.491 e. The molecular weight excluding hydrogens is 380 g/mol. The molecule has 2 aromatic carbocycles. The Morgan fingerprint density at radius 2 is 2.00 bits per heavy atom. The fourth-order valence-corrected chi connectivity index (χ4v) is 2.89. The van der Waals surface area contributed by atoms with Crippen LogP contribution < -0.4 is 15.4 Å². The van der Waals surface area contributed by atoms with E-state index in [-0.39, 0.29) is 6.03 Å². The second kappa shape index (κ2) is 8.22. The first-order valence-corrected chi connectivity index (χ1v) is 8.33. The number of ether oxygens (including phenoxy) is 1. The summed E-state index contributed by atoms with van der Waals surface area (Å²) in [4.78, 5) is 11.9. The number of amides is 2. The fourth-order valence-electron chi connectivity index (χ4n) is 2.12. The molecule has 0 spiro atoms. The molecule has 0 unspecified atom stereocenters. The van der Waals surface area contributed by atoms with Gasteiger partial charge in [-0.3, -0.25) is 0 Å². The third-order valence-corrected chi connectivity index (χ3v) is 4.11. The SMILES string of the molecule is Cc1cc(C)c(NC(=O)NCCOc2ccccc2Br)c(Cl)c1. The second-order valence-electron chi connectivity index (χ2n) is 5.10. The van der Waals surface area contributed by atoms with Crippen LogP contribution >= 0.6 is 27.5 Å². The number of aryl methyl sites for hydroxylation is 2. The molecule has 2 N–H and O–H groups in total. The predicted octanol–water partition coefficient (Wildman–Crippen LogP) is 4.92. The third kappa shape index (κ3) is 5.15. The van der Waals surface area contributed by atoms with E-state index in [1.807, 2.05) is 50.2 Å². The summed E-state index contributed by atoms with van der Waals surface area (Å²) < 4.78 is 6.47. The van der Waals surface area contributed by atoms with Crippen molar-refractivity contribution in [3.8, 4) is 5.75 Å². The number of carbonyl (C=O) groups excluding carboxylic acids is 1. The molecule has 0 heterocycles. The number of rotatable bonds is 5. The average Bonchev–Trinajstić information content (AvgIpc) is 2.49. The van der Waals surface area contributed by atoms with Gasteiger partial charge in [0.25, 0.3) is 0 Å². The molecule has 0 radical (unpaired) electrons. The van der Waals surface area contributed by atoms with Gasteiger partial charge in [0, 0.05) is 0 Å². The number of hydrogen-bond donors (Lipinski definition) is 2. The summed E-state index contributed by atoms with van der Waals surface area (Å²) in [7, 11) is 0. The standard InChI is InChI=1S/C17H18BrClN2O2/c1-11-9-12(2)16(14(19)10-11)21-17(22)20-7-8-23-15-6-4-3-5-13(15)18/h3-6,9-10H,7-8H2,1-2H3,(H2,20,21,22). The van der Waals surface area contributed by atoms with E-state index in [9.17, 15) is 4.79 Å². The highest BCUT2D eigenvalue weighted by Gasteiger charge is 2.09. The zero-order chi connectivity index (χ0) is 16.8. The lowest BCUT2D eigenvalue weighted by Crippen LogP contribution is -2.32. The number of urea groups is 1. The molecule has 0 aliphatic rings. The van der Waals surface area contributed by atoms with Crippen molar-refractivity contribution in [2.75, 3.05) is 18.5 Å². The van der Waals surface area contributed by atoms with Crippen LogP contribution in [0.4, 0.5) is 10.5 Å². The molecule has 4 nitrogen and oxygen atoms in total. The van der Waals surface area contributed by atoms with Crippen LogP contribution in [0.15, 0.2) is 40.9 Å². The van der Waals surface area contributed by atoms with Crippen molar-refractivity contribution in [1.29, 1.82) is 0 Å². The third-order valence-electron chi connectivity index (χ3n) is 3.15. The van der Waals surface area contributed by atoms with E-state index in [4.69, 9.17) is 16.3 Å². The van der Waals surface area contributed by atoms with Crippen LogP contribution in [-0.4, -0.2) is 19.2 Å². The van der Waals surface area contributed by atoms with Crippen molar-refractivity contribution in [2.45, 2.75) is 13.8 Å². The smallest absolute Gasteiger partial charge is 0.319 e. The lowest BCUT2D eigenvalue weighted by molar-refractivity contribution is 0.247. The van der Waals surface area contributed by atoms with E-state index in [1.165, 1.54) is 0 Å².